The Balaban J connectivity index is 3.31. The zero-order valence-electron chi connectivity index (χ0n) is 11.3. The molecular formula is C13H14ClNO5. The summed E-state index contributed by atoms with van der Waals surface area (Å²) in [5.41, 5.74) is 0.0464. The SMILES string of the molecule is COC(=O)C(C(C)=O)C(C)c1ccc(Cl)cc1[N+](=O)[O-]. The summed E-state index contributed by atoms with van der Waals surface area (Å²) in [7, 11) is 1.17. The number of methoxy groups -OCH3 is 1. The van der Waals surface area contributed by atoms with Crippen LogP contribution in [-0.4, -0.2) is 23.8 Å². The van der Waals surface area contributed by atoms with Crippen LogP contribution in [0.15, 0.2) is 18.2 Å². The van der Waals surface area contributed by atoms with Crippen LogP contribution in [-0.2, 0) is 14.3 Å². The van der Waals surface area contributed by atoms with E-state index in [0.29, 0.717) is 0 Å². The van der Waals surface area contributed by atoms with Gasteiger partial charge in [0.15, 0.2) is 0 Å². The quantitative estimate of drug-likeness (QED) is 0.361. The van der Waals surface area contributed by atoms with Crippen LogP contribution in [0.1, 0.15) is 25.3 Å². The van der Waals surface area contributed by atoms with Gasteiger partial charge in [0, 0.05) is 22.6 Å². The molecule has 108 valence electrons. The average Bonchev–Trinajstić information content (AvgIpc) is 2.37. The lowest BCUT2D eigenvalue weighted by molar-refractivity contribution is -0.385. The van der Waals surface area contributed by atoms with Gasteiger partial charge in [0.2, 0.25) is 0 Å². The summed E-state index contributed by atoms with van der Waals surface area (Å²) in [5, 5.41) is 11.3. The second-order valence-corrected chi connectivity index (χ2v) is 4.80. The van der Waals surface area contributed by atoms with Crippen molar-refractivity contribution in [1.29, 1.82) is 0 Å². The molecule has 6 nitrogen and oxygen atoms in total. The number of ketones is 1. The Morgan fingerprint density at radius 1 is 1.40 bits per heavy atom. The molecule has 0 heterocycles. The highest BCUT2D eigenvalue weighted by Crippen LogP contribution is 2.34. The van der Waals surface area contributed by atoms with E-state index in [9.17, 15) is 19.7 Å². The third kappa shape index (κ3) is 3.33. The number of hydrogen-bond acceptors (Lipinski definition) is 5. The summed E-state index contributed by atoms with van der Waals surface area (Å²) in [4.78, 5) is 33.8. The van der Waals surface area contributed by atoms with Crippen molar-refractivity contribution in [3.63, 3.8) is 0 Å². The molecule has 7 heteroatoms. The van der Waals surface area contributed by atoms with E-state index in [1.807, 2.05) is 0 Å². The van der Waals surface area contributed by atoms with Gasteiger partial charge in [-0.3, -0.25) is 19.7 Å². The number of nitrogens with zero attached hydrogens (tertiary/aromatic N) is 1. The predicted octanol–water partition coefficient (Wildman–Crippen LogP) is 2.73. The summed E-state index contributed by atoms with van der Waals surface area (Å²) in [6, 6.07) is 4.13. The molecule has 0 bridgehead atoms. The zero-order valence-corrected chi connectivity index (χ0v) is 12.0. The molecule has 1 rings (SSSR count). The first kappa shape index (κ1) is 16.1. The number of ether oxygens (including phenoxy) is 1. The standard InChI is InChI=1S/C13H14ClNO5/c1-7(12(8(2)16)13(17)20-3)10-5-4-9(14)6-11(10)15(18)19/h4-7,12H,1-3H3. The third-order valence-corrected chi connectivity index (χ3v) is 3.31. The summed E-state index contributed by atoms with van der Waals surface area (Å²) >= 11 is 5.73. The second kappa shape index (κ2) is 6.47. The van der Waals surface area contributed by atoms with Crippen LogP contribution in [0.5, 0.6) is 0 Å². The minimum Gasteiger partial charge on any atom is -0.468 e. The number of Topliss-reactive ketones (excluding diaryl/α,β-unsaturated/α-hetero) is 1. The minimum absolute atomic E-state index is 0.213. The molecule has 20 heavy (non-hydrogen) atoms. The summed E-state index contributed by atoms with van der Waals surface area (Å²) in [6.45, 7) is 2.82. The van der Waals surface area contributed by atoms with Crippen LogP contribution in [0, 0.1) is 16.0 Å². The van der Waals surface area contributed by atoms with Crippen LogP contribution in [0.3, 0.4) is 0 Å². The fourth-order valence-electron chi connectivity index (χ4n) is 2.09. The van der Waals surface area contributed by atoms with Crippen LogP contribution in [0.2, 0.25) is 5.02 Å². The third-order valence-electron chi connectivity index (χ3n) is 3.07. The maximum absolute atomic E-state index is 11.7. The molecule has 1 aromatic carbocycles. The normalized spacial score (nSPS) is 13.4. The number of nitro groups is 1. The van der Waals surface area contributed by atoms with E-state index in [1.165, 1.54) is 32.2 Å². The molecule has 0 spiro atoms. The lowest BCUT2D eigenvalue weighted by Gasteiger charge is -2.19. The van der Waals surface area contributed by atoms with Gasteiger partial charge in [0.1, 0.15) is 11.7 Å². The van der Waals surface area contributed by atoms with Crippen LogP contribution in [0.4, 0.5) is 5.69 Å². The molecule has 0 fully saturated rings. The number of esters is 1. The van der Waals surface area contributed by atoms with Crippen molar-refractivity contribution >= 4 is 29.0 Å². The molecule has 2 unspecified atom stereocenters. The molecular weight excluding hydrogens is 286 g/mol. The summed E-state index contributed by atoms with van der Waals surface area (Å²) in [6.07, 6.45) is 0. The molecule has 0 saturated heterocycles. The molecule has 0 aliphatic heterocycles. The smallest absolute Gasteiger partial charge is 0.316 e. The van der Waals surface area contributed by atoms with E-state index in [2.05, 4.69) is 4.74 Å². The average molecular weight is 300 g/mol. The van der Waals surface area contributed by atoms with Gasteiger partial charge < -0.3 is 4.74 Å². The molecule has 0 aliphatic rings. The van der Waals surface area contributed by atoms with Crippen molar-refractivity contribution in [1.82, 2.24) is 0 Å². The summed E-state index contributed by atoms with van der Waals surface area (Å²) < 4.78 is 4.58. The molecule has 2 atom stereocenters. The van der Waals surface area contributed by atoms with E-state index in [1.54, 1.807) is 6.92 Å². The fraction of sp³-hybridized carbons (Fsp3) is 0.385. The molecule has 0 saturated carbocycles. The first-order valence-electron chi connectivity index (χ1n) is 5.81. The monoisotopic (exact) mass is 299 g/mol. The number of benzene rings is 1. The largest absolute Gasteiger partial charge is 0.468 e. The summed E-state index contributed by atoms with van der Waals surface area (Å²) in [5.74, 6) is -2.89. The molecule has 0 aliphatic carbocycles. The molecule has 0 N–H and O–H groups in total. The van der Waals surface area contributed by atoms with Gasteiger partial charge in [-0.15, -0.1) is 0 Å². The lowest BCUT2D eigenvalue weighted by Crippen LogP contribution is -2.28. The topological polar surface area (TPSA) is 86.5 Å². The Morgan fingerprint density at radius 3 is 2.45 bits per heavy atom. The second-order valence-electron chi connectivity index (χ2n) is 4.36. The van der Waals surface area contributed by atoms with Crippen LogP contribution >= 0.6 is 11.6 Å². The van der Waals surface area contributed by atoms with Crippen molar-refractivity contribution in [2.75, 3.05) is 7.11 Å². The van der Waals surface area contributed by atoms with Crippen LogP contribution < -0.4 is 0 Å². The maximum atomic E-state index is 11.7. The molecule has 0 aromatic heterocycles. The van der Waals surface area contributed by atoms with Gasteiger partial charge >= 0.3 is 5.97 Å². The first-order valence-corrected chi connectivity index (χ1v) is 6.19. The zero-order chi connectivity index (χ0) is 15.4. The maximum Gasteiger partial charge on any atom is 0.316 e. The van der Waals surface area contributed by atoms with Gasteiger partial charge in [-0.25, -0.2) is 0 Å². The molecule has 0 radical (unpaired) electrons. The van der Waals surface area contributed by atoms with E-state index < -0.39 is 28.5 Å². The Labute approximate surface area is 120 Å². The van der Waals surface area contributed by atoms with Crippen molar-refractivity contribution in [2.45, 2.75) is 19.8 Å². The van der Waals surface area contributed by atoms with Crippen LogP contribution in [0.25, 0.3) is 0 Å². The van der Waals surface area contributed by atoms with Crippen molar-refractivity contribution in [2.24, 2.45) is 5.92 Å². The molecule has 0 amide bonds. The van der Waals surface area contributed by atoms with E-state index in [4.69, 9.17) is 11.6 Å². The highest BCUT2D eigenvalue weighted by Gasteiger charge is 2.34. The van der Waals surface area contributed by atoms with Gasteiger partial charge in [0.25, 0.3) is 5.69 Å². The van der Waals surface area contributed by atoms with E-state index >= 15 is 0 Å². The van der Waals surface area contributed by atoms with E-state index in [0.717, 1.165) is 0 Å². The number of carbonyl (C=O) groups is 2. The highest BCUT2D eigenvalue weighted by atomic mass is 35.5. The fourth-order valence-corrected chi connectivity index (χ4v) is 2.26. The van der Waals surface area contributed by atoms with Crippen molar-refractivity contribution in [3.8, 4) is 0 Å². The predicted molar refractivity (Wildman–Crippen MR) is 72.7 cm³/mol. The van der Waals surface area contributed by atoms with Gasteiger partial charge in [-0.05, 0) is 13.0 Å². The van der Waals surface area contributed by atoms with Gasteiger partial charge in [0.05, 0.1) is 12.0 Å². The van der Waals surface area contributed by atoms with Crippen molar-refractivity contribution < 1.29 is 19.2 Å². The van der Waals surface area contributed by atoms with Gasteiger partial charge in [-0.2, -0.15) is 0 Å². The number of halogens is 1. The van der Waals surface area contributed by atoms with Gasteiger partial charge in [-0.1, -0.05) is 24.6 Å². The Bertz CT molecular complexity index is 558. The Hall–Kier alpha value is -1.95. The highest BCUT2D eigenvalue weighted by molar-refractivity contribution is 6.30. The Kier molecular flexibility index (Phi) is 5.21. The number of nitro benzene ring substituents is 1. The first-order chi connectivity index (χ1) is 9.29. The van der Waals surface area contributed by atoms with E-state index in [-0.39, 0.29) is 16.3 Å². The molecule has 1 aromatic rings. The number of rotatable bonds is 5. The number of hydrogen-bond donors (Lipinski definition) is 0. The minimum atomic E-state index is -1.08. The van der Waals surface area contributed by atoms with Crippen molar-refractivity contribution in [3.05, 3.63) is 38.9 Å². The Morgan fingerprint density at radius 2 is 2.00 bits per heavy atom. The number of carbonyl (C=O) groups excluding carboxylic acids is 2. The lowest BCUT2D eigenvalue weighted by atomic mass is 9.84.